The second-order valence-corrected chi connectivity index (χ2v) is 6.59. The fourth-order valence-electron chi connectivity index (χ4n) is 1.32. The molecule has 2 aromatic rings. The average Bonchev–Trinajstić information content (AvgIpc) is 2.83. The Morgan fingerprint density at radius 2 is 2.39 bits per heavy atom. The maximum Gasteiger partial charge on any atom is 0.234 e. The van der Waals surface area contributed by atoms with E-state index < -0.39 is 0 Å². The van der Waals surface area contributed by atoms with Crippen LogP contribution in [0.25, 0.3) is 0 Å². The Morgan fingerprint density at radius 3 is 3.06 bits per heavy atom. The summed E-state index contributed by atoms with van der Waals surface area (Å²) in [5.41, 5.74) is 1.95. The monoisotopic (exact) mass is 342 g/mol. The Hall–Kier alpha value is -0.850. The average molecular weight is 343 g/mol. The van der Waals surface area contributed by atoms with E-state index in [2.05, 4.69) is 26.2 Å². The van der Waals surface area contributed by atoms with Crippen molar-refractivity contribution in [2.75, 3.05) is 11.1 Å². The number of halogens is 1. The van der Waals surface area contributed by atoms with Gasteiger partial charge in [0.25, 0.3) is 0 Å². The SMILES string of the molecule is Cc1ccc(NC(=O)CSc2nccs2)c(Br)c1. The Morgan fingerprint density at radius 1 is 1.56 bits per heavy atom. The van der Waals surface area contributed by atoms with Crippen molar-refractivity contribution in [3.63, 3.8) is 0 Å². The molecular weight excluding hydrogens is 332 g/mol. The van der Waals surface area contributed by atoms with Crippen molar-refractivity contribution in [1.82, 2.24) is 4.98 Å². The second-order valence-electron chi connectivity index (χ2n) is 3.62. The number of thioether (sulfide) groups is 1. The molecule has 1 N–H and O–H groups in total. The Balaban J connectivity index is 1.91. The molecule has 0 aliphatic heterocycles. The molecule has 6 heteroatoms. The van der Waals surface area contributed by atoms with E-state index in [1.54, 1.807) is 6.20 Å². The lowest BCUT2D eigenvalue weighted by atomic mass is 10.2. The van der Waals surface area contributed by atoms with Crippen LogP contribution in [0.15, 0.2) is 38.6 Å². The maximum absolute atomic E-state index is 11.8. The number of nitrogens with one attached hydrogen (secondary N) is 1. The zero-order valence-electron chi connectivity index (χ0n) is 9.64. The molecule has 0 aliphatic rings. The second kappa shape index (κ2) is 6.36. The van der Waals surface area contributed by atoms with Crippen LogP contribution in [0.2, 0.25) is 0 Å². The molecule has 0 atom stereocenters. The van der Waals surface area contributed by atoms with Crippen LogP contribution < -0.4 is 5.32 Å². The van der Waals surface area contributed by atoms with E-state index in [1.807, 2.05) is 30.5 Å². The predicted octanol–water partition coefficient (Wildman–Crippen LogP) is 3.94. The first-order valence-electron chi connectivity index (χ1n) is 5.23. The largest absolute Gasteiger partial charge is 0.324 e. The van der Waals surface area contributed by atoms with Gasteiger partial charge >= 0.3 is 0 Å². The van der Waals surface area contributed by atoms with Gasteiger partial charge in [0.2, 0.25) is 5.91 Å². The number of hydrogen-bond acceptors (Lipinski definition) is 4. The molecule has 0 fully saturated rings. The summed E-state index contributed by atoms with van der Waals surface area (Å²) < 4.78 is 1.81. The van der Waals surface area contributed by atoms with Gasteiger partial charge in [-0.15, -0.1) is 11.3 Å². The third kappa shape index (κ3) is 3.83. The summed E-state index contributed by atoms with van der Waals surface area (Å²) in [5, 5.41) is 4.77. The summed E-state index contributed by atoms with van der Waals surface area (Å²) in [4.78, 5) is 15.9. The Kier molecular flexibility index (Phi) is 4.79. The minimum absolute atomic E-state index is 0.0280. The number of benzene rings is 1. The normalized spacial score (nSPS) is 10.3. The fourth-order valence-corrected chi connectivity index (χ4v) is 3.35. The quantitative estimate of drug-likeness (QED) is 0.855. The first kappa shape index (κ1) is 13.6. The third-order valence-electron chi connectivity index (χ3n) is 2.14. The van der Waals surface area contributed by atoms with Crippen molar-refractivity contribution in [3.8, 4) is 0 Å². The summed E-state index contributed by atoms with van der Waals surface area (Å²) in [7, 11) is 0. The number of carbonyl (C=O) groups excluding carboxylic acids is 1. The van der Waals surface area contributed by atoms with Crippen LogP contribution in [-0.2, 0) is 4.79 Å². The Labute approximate surface area is 122 Å². The van der Waals surface area contributed by atoms with Gasteiger partial charge in [0.1, 0.15) is 4.34 Å². The highest BCUT2D eigenvalue weighted by Crippen LogP contribution is 2.24. The van der Waals surface area contributed by atoms with Crippen molar-refractivity contribution in [1.29, 1.82) is 0 Å². The summed E-state index contributed by atoms with van der Waals surface area (Å²) in [6.07, 6.45) is 1.74. The number of anilines is 1. The van der Waals surface area contributed by atoms with Crippen molar-refractivity contribution in [2.24, 2.45) is 0 Å². The number of thiazole rings is 1. The number of aryl methyl sites for hydroxylation is 1. The summed E-state index contributed by atoms with van der Waals surface area (Å²) in [6, 6.07) is 5.84. The minimum Gasteiger partial charge on any atom is -0.324 e. The molecule has 1 amide bonds. The summed E-state index contributed by atoms with van der Waals surface area (Å²) in [5.74, 6) is 0.341. The number of carbonyl (C=O) groups is 1. The lowest BCUT2D eigenvalue weighted by Gasteiger charge is -2.07. The van der Waals surface area contributed by atoms with Crippen molar-refractivity contribution in [3.05, 3.63) is 39.8 Å². The standard InChI is InChI=1S/C12H11BrN2OS2/c1-8-2-3-10(9(13)6-8)15-11(16)7-18-12-14-4-5-17-12/h2-6H,7H2,1H3,(H,15,16). The molecule has 0 saturated carbocycles. The van der Waals surface area contributed by atoms with Crippen LogP contribution >= 0.6 is 39.0 Å². The lowest BCUT2D eigenvalue weighted by Crippen LogP contribution is -2.14. The van der Waals surface area contributed by atoms with Crippen molar-refractivity contribution >= 4 is 50.6 Å². The highest BCUT2D eigenvalue weighted by molar-refractivity contribution is 9.10. The van der Waals surface area contributed by atoms with Crippen LogP contribution in [0.4, 0.5) is 5.69 Å². The molecule has 3 nitrogen and oxygen atoms in total. The maximum atomic E-state index is 11.8. The van der Waals surface area contributed by atoms with E-state index in [9.17, 15) is 4.79 Å². The molecule has 1 heterocycles. The van der Waals surface area contributed by atoms with Gasteiger partial charge in [-0.1, -0.05) is 17.8 Å². The van der Waals surface area contributed by atoms with Crippen LogP contribution in [0.5, 0.6) is 0 Å². The number of hydrogen-bond donors (Lipinski definition) is 1. The van der Waals surface area contributed by atoms with Crippen LogP contribution in [-0.4, -0.2) is 16.6 Å². The van der Waals surface area contributed by atoms with E-state index in [0.29, 0.717) is 5.75 Å². The molecule has 1 aromatic heterocycles. The summed E-state index contributed by atoms with van der Waals surface area (Å²) in [6.45, 7) is 2.01. The molecule has 18 heavy (non-hydrogen) atoms. The van der Waals surface area contributed by atoms with E-state index in [4.69, 9.17) is 0 Å². The van der Waals surface area contributed by atoms with Crippen molar-refractivity contribution in [2.45, 2.75) is 11.3 Å². The van der Waals surface area contributed by atoms with Crippen LogP contribution in [0, 0.1) is 6.92 Å². The van der Waals surface area contributed by atoms with Gasteiger partial charge in [-0.05, 0) is 40.5 Å². The fraction of sp³-hybridized carbons (Fsp3) is 0.167. The molecule has 0 saturated heterocycles. The van der Waals surface area contributed by atoms with Crippen LogP contribution in [0.3, 0.4) is 0 Å². The van der Waals surface area contributed by atoms with E-state index in [-0.39, 0.29) is 5.91 Å². The first-order chi connectivity index (χ1) is 8.65. The predicted molar refractivity (Wildman–Crippen MR) is 80.3 cm³/mol. The molecule has 0 bridgehead atoms. The van der Waals surface area contributed by atoms with Gasteiger partial charge in [0.05, 0.1) is 11.4 Å². The first-order valence-corrected chi connectivity index (χ1v) is 7.89. The molecular formula is C12H11BrN2OS2. The molecule has 0 unspecified atom stereocenters. The van der Waals surface area contributed by atoms with E-state index >= 15 is 0 Å². The van der Waals surface area contributed by atoms with Crippen LogP contribution in [0.1, 0.15) is 5.56 Å². The van der Waals surface area contributed by atoms with Crippen molar-refractivity contribution < 1.29 is 4.79 Å². The highest BCUT2D eigenvalue weighted by atomic mass is 79.9. The summed E-state index contributed by atoms with van der Waals surface area (Å²) >= 11 is 6.42. The van der Waals surface area contributed by atoms with Gasteiger partial charge in [0.15, 0.2) is 0 Å². The molecule has 0 radical (unpaired) electrons. The molecule has 94 valence electrons. The number of aromatic nitrogens is 1. The van der Waals surface area contributed by atoms with Gasteiger partial charge in [-0.2, -0.15) is 0 Å². The van der Waals surface area contributed by atoms with E-state index in [0.717, 1.165) is 20.1 Å². The third-order valence-corrected chi connectivity index (χ3v) is 4.76. The van der Waals surface area contributed by atoms with Gasteiger partial charge < -0.3 is 5.32 Å². The molecule has 0 spiro atoms. The molecule has 0 aliphatic carbocycles. The Bertz CT molecular complexity index is 543. The minimum atomic E-state index is -0.0280. The zero-order chi connectivity index (χ0) is 13.0. The number of nitrogens with zero attached hydrogens (tertiary/aromatic N) is 1. The highest BCUT2D eigenvalue weighted by Gasteiger charge is 2.07. The number of amides is 1. The smallest absolute Gasteiger partial charge is 0.234 e. The topological polar surface area (TPSA) is 42.0 Å². The molecule has 1 aromatic carbocycles. The lowest BCUT2D eigenvalue weighted by molar-refractivity contribution is -0.113. The van der Waals surface area contributed by atoms with Gasteiger partial charge in [0, 0.05) is 16.0 Å². The van der Waals surface area contributed by atoms with E-state index in [1.165, 1.54) is 23.1 Å². The van der Waals surface area contributed by atoms with Gasteiger partial charge in [-0.3, -0.25) is 4.79 Å². The van der Waals surface area contributed by atoms with Gasteiger partial charge in [-0.25, -0.2) is 4.98 Å². The zero-order valence-corrected chi connectivity index (χ0v) is 12.9. The number of rotatable bonds is 4. The molecule has 2 rings (SSSR count).